The highest BCUT2D eigenvalue weighted by Crippen LogP contribution is 2.15. The molecule has 6 heteroatoms. The number of carbonyl (C=O) groups excluding carboxylic acids is 3. The Morgan fingerprint density at radius 1 is 0.276 bits per heavy atom. The van der Waals surface area contributed by atoms with Crippen LogP contribution in [0.25, 0.3) is 0 Å². The van der Waals surface area contributed by atoms with Crippen LogP contribution in [0.4, 0.5) is 0 Å². The minimum Gasteiger partial charge on any atom is -0.462 e. The van der Waals surface area contributed by atoms with Gasteiger partial charge in [0.05, 0.1) is 0 Å². The first-order valence-electron chi connectivity index (χ1n) is 31.9. The summed E-state index contributed by atoms with van der Waals surface area (Å²) >= 11 is 0. The lowest BCUT2D eigenvalue weighted by atomic mass is 10.0. The van der Waals surface area contributed by atoms with Gasteiger partial charge in [-0.05, 0) is 122 Å². The summed E-state index contributed by atoms with van der Waals surface area (Å²) in [5.74, 6) is -0.929. The molecule has 0 spiro atoms. The summed E-state index contributed by atoms with van der Waals surface area (Å²) in [4.78, 5) is 38.3. The van der Waals surface area contributed by atoms with Crippen molar-refractivity contribution in [3.63, 3.8) is 0 Å². The van der Waals surface area contributed by atoms with E-state index >= 15 is 0 Å². The average Bonchev–Trinajstić information content (AvgIpc) is 3.42. The molecule has 0 aromatic carbocycles. The first kappa shape index (κ1) is 72.1. The monoisotopic (exact) mass is 1050 g/mol. The van der Waals surface area contributed by atoms with Gasteiger partial charge in [0.2, 0.25) is 0 Å². The van der Waals surface area contributed by atoms with E-state index in [1.807, 2.05) is 0 Å². The molecule has 0 amide bonds. The molecule has 0 saturated carbocycles. The molecule has 0 aliphatic carbocycles. The van der Waals surface area contributed by atoms with Crippen molar-refractivity contribution >= 4 is 17.9 Å². The quantitative estimate of drug-likeness (QED) is 0.0261. The molecule has 0 N–H and O–H groups in total. The third-order valence-electron chi connectivity index (χ3n) is 13.5. The van der Waals surface area contributed by atoms with Crippen LogP contribution >= 0.6 is 0 Å². The minimum absolute atomic E-state index is 0.0942. The fourth-order valence-corrected chi connectivity index (χ4v) is 8.69. The summed E-state index contributed by atoms with van der Waals surface area (Å²) in [6, 6.07) is 0. The smallest absolute Gasteiger partial charge is 0.306 e. The Bertz CT molecular complexity index is 1540. The molecular formula is C70H118O6. The summed E-state index contributed by atoms with van der Waals surface area (Å²) in [7, 11) is 0. The van der Waals surface area contributed by atoms with Crippen LogP contribution in [0.1, 0.15) is 297 Å². The molecule has 0 aromatic rings. The van der Waals surface area contributed by atoms with Gasteiger partial charge in [-0.2, -0.15) is 0 Å². The van der Waals surface area contributed by atoms with Crippen LogP contribution in [0.2, 0.25) is 0 Å². The molecular weight excluding hydrogens is 937 g/mol. The lowest BCUT2D eigenvalue weighted by molar-refractivity contribution is -0.167. The van der Waals surface area contributed by atoms with E-state index in [1.165, 1.54) is 122 Å². The van der Waals surface area contributed by atoms with Crippen LogP contribution in [-0.2, 0) is 28.6 Å². The Morgan fingerprint density at radius 2 is 0.526 bits per heavy atom. The SMILES string of the molecule is CC/C=C\C/C=C\C/C=C\C/C=C\CCCCCCC(=O)OC(COC(=O)CCCCCCC/C=C\C/C=C\CCCC)COC(=O)CCCCCCCCCCCCCC/C=C\C/C=C\C/C=C\CCCCCCC. The fraction of sp³-hybridized carbons (Fsp3) is 0.700. The molecule has 1 atom stereocenters. The Balaban J connectivity index is 4.34. The number of hydrogen-bond donors (Lipinski definition) is 0. The summed E-state index contributed by atoms with van der Waals surface area (Å²) in [5.41, 5.74) is 0. The predicted molar refractivity (Wildman–Crippen MR) is 330 cm³/mol. The molecule has 6 nitrogen and oxygen atoms in total. The molecule has 0 fully saturated rings. The first-order valence-corrected chi connectivity index (χ1v) is 31.9. The second kappa shape index (κ2) is 63.6. The number of allylic oxidation sites excluding steroid dienone is 18. The van der Waals surface area contributed by atoms with E-state index in [1.54, 1.807) is 0 Å². The molecule has 0 radical (unpaired) electrons. The second-order valence-corrected chi connectivity index (χ2v) is 20.9. The van der Waals surface area contributed by atoms with Crippen LogP contribution in [0.3, 0.4) is 0 Å². The summed E-state index contributed by atoms with van der Waals surface area (Å²) in [5, 5.41) is 0. The molecule has 0 aromatic heterocycles. The van der Waals surface area contributed by atoms with Gasteiger partial charge < -0.3 is 14.2 Å². The van der Waals surface area contributed by atoms with E-state index in [0.29, 0.717) is 19.3 Å². The largest absolute Gasteiger partial charge is 0.462 e. The van der Waals surface area contributed by atoms with Crippen molar-refractivity contribution in [3.05, 3.63) is 109 Å². The van der Waals surface area contributed by atoms with Gasteiger partial charge in [0, 0.05) is 19.3 Å². The number of carbonyl (C=O) groups is 3. The Kier molecular flexibility index (Phi) is 60.3. The van der Waals surface area contributed by atoms with Gasteiger partial charge in [-0.25, -0.2) is 0 Å². The van der Waals surface area contributed by atoms with E-state index in [4.69, 9.17) is 14.2 Å². The van der Waals surface area contributed by atoms with E-state index in [0.717, 1.165) is 135 Å². The zero-order valence-electron chi connectivity index (χ0n) is 49.7. The maximum absolute atomic E-state index is 12.9. The van der Waals surface area contributed by atoms with Crippen molar-refractivity contribution in [3.8, 4) is 0 Å². The van der Waals surface area contributed by atoms with Crippen molar-refractivity contribution in [2.24, 2.45) is 0 Å². The fourth-order valence-electron chi connectivity index (χ4n) is 8.69. The Labute approximate surface area is 470 Å². The number of rotatable bonds is 57. The van der Waals surface area contributed by atoms with Crippen molar-refractivity contribution in [1.82, 2.24) is 0 Å². The van der Waals surface area contributed by atoms with Gasteiger partial charge in [-0.3, -0.25) is 14.4 Å². The van der Waals surface area contributed by atoms with Gasteiger partial charge in [0.15, 0.2) is 6.10 Å². The molecule has 0 rings (SSSR count). The molecule has 0 aliphatic rings. The summed E-state index contributed by atoms with van der Waals surface area (Å²) in [6.07, 6.45) is 86.6. The number of unbranched alkanes of at least 4 members (excludes halogenated alkanes) is 28. The normalized spacial score (nSPS) is 12.8. The molecule has 0 saturated heterocycles. The average molecular weight is 1060 g/mol. The number of esters is 3. The molecule has 0 heterocycles. The second-order valence-electron chi connectivity index (χ2n) is 20.9. The number of hydrogen-bond acceptors (Lipinski definition) is 6. The van der Waals surface area contributed by atoms with Gasteiger partial charge in [-0.1, -0.05) is 265 Å². The predicted octanol–water partition coefficient (Wildman–Crippen LogP) is 21.8. The molecule has 0 bridgehead atoms. The topological polar surface area (TPSA) is 78.9 Å². The van der Waals surface area contributed by atoms with Crippen LogP contribution in [0.15, 0.2) is 109 Å². The van der Waals surface area contributed by atoms with E-state index < -0.39 is 6.10 Å². The van der Waals surface area contributed by atoms with Crippen molar-refractivity contribution < 1.29 is 28.6 Å². The number of ether oxygens (including phenoxy) is 3. The van der Waals surface area contributed by atoms with Gasteiger partial charge in [0.25, 0.3) is 0 Å². The van der Waals surface area contributed by atoms with Gasteiger partial charge in [-0.15, -0.1) is 0 Å². The van der Waals surface area contributed by atoms with Crippen molar-refractivity contribution in [2.45, 2.75) is 303 Å². The standard InChI is InChI=1S/C70H118O6/c1-4-7-10-13-16-19-22-25-28-30-31-32-33-34-35-36-37-38-39-41-42-45-48-51-54-57-60-63-69(72)75-66-67(65-74-68(71)62-59-56-53-50-47-44-27-24-21-18-15-12-9-6-3)76-70(73)64-61-58-55-52-49-46-43-40-29-26-23-20-17-14-11-8-5-2/h8,11,15,17-18,20,22,24-27,29-31,33-34,43,46,67H,4-7,9-10,12-14,16,19,21,23,28,32,35-42,44-45,47-66H2,1-3H3/b11-8-,18-15-,20-17-,25-22-,27-24-,29-26-,31-30-,34-33-,46-43-. The zero-order chi connectivity index (χ0) is 55.0. The highest BCUT2D eigenvalue weighted by molar-refractivity contribution is 5.71. The van der Waals surface area contributed by atoms with Crippen LogP contribution < -0.4 is 0 Å². The van der Waals surface area contributed by atoms with E-state index in [9.17, 15) is 14.4 Å². The highest BCUT2D eigenvalue weighted by atomic mass is 16.6. The van der Waals surface area contributed by atoms with Crippen molar-refractivity contribution in [2.75, 3.05) is 13.2 Å². The molecule has 434 valence electrons. The molecule has 0 aliphatic heterocycles. The van der Waals surface area contributed by atoms with Gasteiger partial charge in [0.1, 0.15) is 13.2 Å². The zero-order valence-corrected chi connectivity index (χ0v) is 49.7. The Morgan fingerprint density at radius 3 is 0.842 bits per heavy atom. The summed E-state index contributed by atoms with van der Waals surface area (Å²) in [6.45, 7) is 6.46. The van der Waals surface area contributed by atoms with E-state index in [-0.39, 0.29) is 31.1 Å². The van der Waals surface area contributed by atoms with Crippen LogP contribution in [0.5, 0.6) is 0 Å². The third kappa shape index (κ3) is 60.9. The maximum atomic E-state index is 12.9. The molecule has 76 heavy (non-hydrogen) atoms. The highest BCUT2D eigenvalue weighted by Gasteiger charge is 2.19. The minimum atomic E-state index is -0.800. The lowest BCUT2D eigenvalue weighted by Crippen LogP contribution is -2.30. The van der Waals surface area contributed by atoms with Crippen LogP contribution in [0, 0.1) is 0 Å². The lowest BCUT2D eigenvalue weighted by Gasteiger charge is -2.18. The first-order chi connectivity index (χ1) is 37.5. The Hall–Kier alpha value is -3.93. The molecule has 1 unspecified atom stereocenters. The van der Waals surface area contributed by atoms with Gasteiger partial charge >= 0.3 is 17.9 Å². The van der Waals surface area contributed by atoms with Crippen molar-refractivity contribution in [1.29, 1.82) is 0 Å². The van der Waals surface area contributed by atoms with Crippen LogP contribution in [-0.4, -0.2) is 37.2 Å². The summed E-state index contributed by atoms with van der Waals surface area (Å²) < 4.78 is 16.9. The third-order valence-corrected chi connectivity index (χ3v) is 13.5. The van der Waals surface area contributed by atoms with E-state index in [2.05, 4.69) is 130 Å². The maximum Gasteiger partial charge on any atom is 0.306 e.